The van der Waals surface area contributed by atoms with Crippen molar-refractivity contribution in [3.8, 4) is 17.2 Å². The third kappa shape index (κ3) is 3.88. The minimum atomic E-state index is -0.321. The van der Waals surface area contributed by atoms with Gasteiger partial charge in [-0.05, 0) is 35.9 Å². The van der Waals surface area contributed by atoms with Crippen molar-refractivity contribution < 1.29 is 23.4 Å². The first kappa shape index (κ1) is 16.5. The molecule has 0 heterocycles. The lowest BCUT2D eigenvalue weighted by Crippen LogP contribution is -2.00. The third-order valence-electron chi connectivity index (χ3n) is 3.25. The predicted molar refractivity (Wildman–Crippen MR) is 85.9 cm³/mol. The van der Waals surface area contributed by atoms with Crippen LogP contribution in [0.3, 0.4) is 0 Å². The molecule has 2 aromatic carbocycles. The van der Waals surface area contributed by atoms with Crippen LogP contribution in [0, 0.1) is 5.82 Å². The Kier molecular flexibility index (Phi) is 5.36. The highest BCUT2D eigenvalue weighted by atomic mass is 19.1. The third-order valence-corrected chi connectivity index (χ3v) is 3.25. The van der Waals surface area contributed by atoms with Gasteiger partial charge in [-0.25, -0.2) is 4.39 Å². The number of carbonyl (C=O) groups excluding carboxylic acids is 1. The maximum absolute atomic E-state index is 12.9. The van der Waals surface area contributed by atoms with E-state index in [4.69, 9.17) is 14.2 Å². The first-order valence-electron chi connectivity index (χ1n) is 6.87. The molecule has 0 atom stereocenters. The summed E-state index contributed by atoms with van der Waals surface area (Å²) in [6.45, 7) is 0. The summed E-state index contributed by atoms with van der Waals surface area (Å²) >= 11 is 0. The van der Waals surface area contributed by atoms with Crippen molar-refractivity contribution in [2.24, 2.45) is 0 Å². The number of ether oxygens (including phenoxy) is 3. The number of hydrogen-bond acceptors (Lipinski definition) is 4. The van der Waals surface area contributed by atoms with E-state index in [-0.39, 0.29) is 11.6 Å². The van der Waals surface area contributed by atoms with Gasteiger partial charge in [0.05, 0.1) is 21.3 Å². The molecule has 0 aliphatic heterocycles. The van der Waals surface area contributed by atoms with Crippen LogP contribution >= 0.6 is 0 Å². The molecule has 0 N–H and O–H groups in total. The van der Waals surface area contributed by atoms with Crippen LogP contribution in [0.5, 0.6) is 17.2 Å². The fourth-order valence-corrected chi connectivity index (χ4v) is 2.07. The molecular weight excluding hydrogens is 299 g/mol. The Hall–Kier alpha value is -2.82. The van der Waals surface area contributed by atoms with Gasteiger partial charge in [0.2, 0.25) is 5.75 Å². The first-order valence-corrected chi connectivity index (χ1v) is 6.87. The molecule has 0 radical (unpaired) electrons. The fourth-order valence-electron chi connectivity index (χ4n) is 2.07. The highest BCUT2D eigenvalue weighted by molar-refractivity contribution is 6.07. The largest absolute Gasteiger partial charge is 0.493 e. The van der Waals surface area contributed by atoms with Crippen molar-refractivity contribution in [3.63, 3.8) is 0 Å². The van der Waals surface area contributed by atoms with Gasteiger partial charge in [0.15, 0.2) is 17.3 Å². The number of carbonyl (C=O) groups is 1. The molecule has 0 amide bonds. The molecule has 0 saturated heterocycles. The topological polar surface area (TPSA) is 44.8 Å². The minimum Gasteiger partial charge on any atom is -0.493 e. The van der Waals surface area contributed by atoms with Crippen LogP contribution in [0.1, 0.15) is 15.9 Å². The lowest BCUT2D eigenvalue weighted by atomic mass is 10.1. The molecule has 0 bridgehead atoms. The maximum atomic E-state index is 12.9. The Morgan fingerprint density at radius 1 is 0.957 bits per heavy atom. The molecule has 0 fully saturated rings. The van der Waals surface area contributed by atoms with E-state index >= 15 is 0 Å². The van der Waals surface area contributed by atoms with Gasteiger partial charge in [-0.3, -0.25) is 4.79 Å². The van der Waals surface area contributed by atoms with E-state index in [1.165, 1.54) is 39.5 Å². The summed E-state index contributed by atoms with van der Waals surface area (Å²) < 4.78 is 28.5. The number of benzene rings is 2. The van der Waals surface area contributed by atoms with E-state index in [0.717, 1.165) is 5.56 Å². The molecule has 0 saturated carbocycles. The minimum absolute atomic E-state index is 0.228. The molecule has 120 valence electrons. The van der Waals surface area contributed by atoms with Crippen molar-refractivity contribution >= 4 is 11.9 Å². The molecule has 0 spiro atoms. The van der Waals surface area contributed by atoms with Gasteiger partial charge in [0.1, 0.15) is 5.82 Å². The molecule has 0 aromatic heterocycles. The Labute approximate surface area is 134 Å². The van der Waals surface area contributed by atoms with Crippen LogP contribution in [-0.4, -0.2) is 27.1 Å². The second-order valence-electron chi connectivity index (χ2n) is 4.66. The highest BCUT2D eigenvalue weighted by Crippen LogP contribution is 2.38. The number of halogens is 1. The molecular formula is C18H17FO4. The van der Waals surface area contributed by atoms with Crippen LogP contribution in [0.2, 0.25) is 0 Å². The van der Waals surface area contributed by atoms with Crippen LogP contribution in [0.4, 0.5) is 4.39 Å². The fraction of sp³-hybridized carbons (Fsp3) is 0.167. The number of methoxy groups -OCH3 is 3. The number of ketones is 1. The summed E-state index contributed by atoms with van der Waals surface area (Å²) in [5, 5.41) is 0. The molecule has 0 aliphatic carbocycles. The lowest BCUT2D eigenvalue weighted by Gasteiger charge is -2.13. The monoisotopic (exact) mass is 316 g/mol. The van der Waals surface area contributed by atoms with Crippen LogP contribution < -0.4 is 14.2 Å². The zero-order valence-corrected chi connectivity index (χ0v) is 13.1. The Bertz CT molecular complexity index is 695. The molecule has 0 aliphatic rings. The van der Waals surface area contributed by atoms with Crippen molar-refractivity contribution in [2.45, 2.75) is 0 Å². The molecule has 0 unspecified atom stereocenters. The van der Waals surface area contributed by atoms with E-state index in [1.807, 2.05) is 0 Å². The summed E-state index contributed by atoms with van der Waals surface area (Å²) in [7, 11) is 4.47. The van der Waals surface area contributed by atoms with Crippen molar-refractivity contribution in [2.75, 3.05) is 21.3 Å². The molecule has 23 heavy (non-hydrogen) atoms. The Morgan fingerprint density at radius 2 is 1.52 bits per heavy atom. The van der Waals surface area contributed by atoms with Gasteiger partial charge in [-0.1, -0.05) is 18.2 Å². The summed E-state index contributed by atoms with van der Waals surface area (Å²) in [4.78, 5) is 12.3. The quantitative estimate of drug-likeness (QED) is 0.601. The zero-order valence-electron chi connectivity index (χ0n) is 13.1. The lowest BCUT2D eigenvalue weighted by molar-refractivity contribution is 0.104. The van der Waals surface area contributed by atoms with Gasteiger partial charge in [-0.2, -0.15) is 0 Å². The Morgan fingerprint density at radius 3 is 2.00 bits per heavy atom. The van der Waals surface area contributed by atoms with E-state index in [2.05, 4.69) is 0 Å². The van der Waals surface area contributed by atoms with Crippen LogP contribution in [0.25, 0.3) is 6.08 Å². The SMILES string of the molecule is COc1cc(C(=O)C=Cc2ccc(F)cc2)cc(OC)c1OC. The van der Waals surface area contributed by atoms with E-state index in [9.17, 15) is 9.18 Å². The normalized spacial score (nSPS) is 10.6. The second kappa shape index (κ2) is 7.45. The van der Waals surface area contributed by atoms with Crippen LogP contribution in [0.15, 0.2) is 42.5 Å². The summed E-state index contributed by atoms with van der Waals surface area (Å²) in [6, 6.07) is 9.02. The number of hydrogen-bond donors (Lipinski definition) is 0. The van der Waals surface area contributed by atoms with Gasteiger partial charge >= 0.3 is 0 Å². The molecule has 4 nitrogen and oxygen atoms in total. The highest BCUT2D eigenvalue weighted by Gasteiger charge is 2.15. The summed E-state index contributed by atoms with van der Waals surface area (Å²) in [5.41, 5.74) is 1.13. The van der Waals surface area contributed by atoms with Crippen molar-refractivity contribution in [1.29, 1.82) is 0 Å². The maximum Gasteiger partial charge on any atom is 0.203 e. The van der Waals surface area contributed by atoms with E-state index in [1.54, 1.807) is 30.3 Å². The average Bonchev–Trinajstić information content (AvgIpc) is 2.59. The van der Waals surface area contributed by atoms with Gasteiger partial charge in [0, 0.05) is 5.56 Å². The standard InChI is InChI=1S/C18H17FO4/c1-21-16-10-13(11-17(22-2)18(16)23-3)15(20)9-6-12-4-7-14(19)8-5-12/h4-11H,1-3H3. The molecule has 2 rings (SSSR count). The number of rotatable bonds is 6. The average molecular weight is 316 g/mol. The van der Waals surface area contributed by atoms with E-state index in [0.29, 0.717) is 22.8 Å². The van der Waals surface area contributed by atoms with Gasteiger partial charge in [-0.15, -0.1) is 0 Å². The van der Waals surface area contributed by atoms with Gasteiger partial charge in [0.25, 0.3) is 0 Å². The van der Waals surface area contributed by atoms with Crippen molar-refractivity contribution in [3.05, 3.63) is 59.4 Å². The van der Waals surface area contributed by atoms with Crippen molar-refractivity contribution in [1.82, 2.24) is 0 Å². The Balaban J connectivity index is 2.30. The van der Waals surface area contributed by atoms with E-state index < -0.39 is 0 Å². The first-order chi connectivity index (χ1) is 11.1. The molecule has 2 aromatic rings. The van der Waals surface area contributed by atoms with Crippen LogP contribution in [-0.2, 0) is 0 Å². The summed E-state index contributed by atoms with van der Waals surface area (Å²) in [6.07, 6.45) is 3.03. The summed E-state index contributed by atoms with van der Waals surface area (Å²) in [5.74, 6) is 0.691. The van der Waals surface area contributed by atoms with Gasteiger partial charge < -0.3 is 14.2 Å². The predicted octanol–water partition coefficient (Wildman–Crippen LogP) is 3.75. The second-order valence-corrected chi connectivity index (χ2v) is 4.66. The number of allylic oxidation sites excluding steroid dienone is 1. The zero-order chi connectivity index (χ0) is 16.8. The molecule has 5 heteroatoms. The smallest absolute Gasteiger partial charge is 0.203 e.